The molecule has 0 radical (unpaired) electrons. The standard InChI is InChI=1S/C25H43ClNO6P/c1-2-3-4-5-6-7-8-9-10-11-12-13-14-15-21-31-22-16-23-32-34(26,30)33-25-19-17-24(18-20-25)27(28)29/h17-20H,2-16,21-23H2,1H3. The van der Waals surface area contributed by atoms with Crippen molar-refractivity contribution in [1.82, 2.24) is 0 Å². The lowest BCUT2D eigenvalue weighted by Gasteiger charge is -2.12. The second-order valence-electron chi connectivity index (χ2n) is 8.67. The van der Waals surface area contributed by atoms with Gasteiger partial charge in [0.15, 0.2) is 0 Å². The van der Waals surface area contributed by atoms with Crippen LogP contribution in [0.5, 0.6) is 5.75 Å². The molecule has 0 amide bonds. The normalized spacial score (nSPS) is 13.0. The van der Waals surface area contributed by atoms with Crippen LogP contribution >= 0.6 is 18.2 Å². The molecular weight excluding hydrogens is 477 g/mol. The molecule has 1 rings (SSSR count). The molecule has 0 bridgehead atoms. The number of hydrogen-bond acceptors (Lipinski definition) is 6. The topological polar surface area (TPSA) is 87.9 Å². The molecular formula is C25H43ClNO6P. The Bertz CT molecular complexity index is 688. The van der Waals surface area contributed by atoms with Crippen LogP contribution in [0.3, 0.4) is 0 Å². The van der Waals surface area contributed by atoms with E-state index in [1.807, 2.05) is 0 Å². The molecule has 1 atom stereocenters. The van der Waals surface area contributed by atoms with Gasteiger partial charge in [-0.15, -0.1) is 0 Å². The Labute approximate surface area is 210 Å². The third-order valence-electron chi connectivity index (χ3n) is 5.58. The highest BCUT2D eigenvalue weighted by atomic mass is 35.7. The molecule has 0 N–H and O–H groups in total. The van der Waals surface area contributed by atoms with Gasteiger partial charge in [-0.3, -0.25) is 14.6 Å². The third-order valence-corrected chi connectivity index (χ3v) is 7.00. The summed E-state index contributed by atoms with van der Waals surface area (Å²) in [5, 5.41) is 10.6. The summed E-state index contributed by atoms with van der Waals surface area (Å²) in [5.74, 6) is 0.151. The van der Waals surface area contributed by atoms with E-state index in [0.717, 1.165) is 13.0 Å². The van der Waals surface area contributed by atoms with E-state index in [2.05, 4.69) is 6.92 Å². The van der Waals surface area contributed by atoms with E-state index in [0.29, 0.717) is 13.0 Å². The van der Waals surface area contributed by atoms with Gasteiger partial charge in [-0.2, -0.15) is 0 Å². The maximum atomic E-state index is 12.1. The van der Waals surface area contributed by atoms with Crippen LogP contribution < -0.4 is 4.52 Å². The smallest absolute Gasteiger partial charge is 0.413 e. The zero-order chi connectivity index (χ0) is 24.9. The lowest BCUT2D eigenvalue weighted by Crippen LogP contribution is -2.02. The molecule has 0 saturated heterocycles. The summed E-state index contributed by atoms with van der Waals surface area (Å²) in [5.41, 5.74) is -0.0892. The van der Waals surface area contributed by atoms with Gasteiger partial charge < -0.3 is 9.26 Å². The number of ether oxygens (including phenoxy) is 1. The molecule has 7 nitrogen and oxygen atoms in total. The largest absolute Gasteiger partial charge is 0.476 e. The SMILES string of the molecule is CCCCCCCCCCCCCCCCOCCCOP(=O)(Cl)Oc1ccc([N+](=O)[O-])cc1. The molecule has 0 aliphatic rings. The summed E-state index contributed by atoms with van der Waals surface area (Å²) in [7, 11) is 0. The number of unbranched alkanes of at least 4 members (excludes halogenated alkanes) is 13. The van der Waals surface area contributed by atoms with Crippen LogP contribution in [0.25, 0.3) is 0 Å². The van der Waals surface area contributed by atoms with E-state index in [1.54, 1.807) is 0 Å². The molecule has 0 aliphatic heterocycles. The minimum atomic E-state index is -3.80. The number of non-ortho nitro benzene ring substituents is 1. The molecule has 0 spiro atoms. The molecule has 1 aromatic carbocycles. The van der Waals surface area contributed by atoms with Gasteiger partial charge in [0.05, 0.1) is 11.5 Å². The van der Waals surface area contributed by atoms with E-state index in [4.69, 9.17) is 25.0 Å². The average molecular weight is 520 g/mol. The van der Waals surface area contributed by atoms with Gasteiger partial charge in [-0.05, 0) is 25.0 Å². The van der Waals surface area contributed by atoms with E-state index in [9.17, 15) is 14.7 Å². The number of halogens is 1. The van der Waals surface area contributed by atoms with Crippen molar-refractivity contribution >= 4 is 23.9 Å². The van der Waals surface area contributed by atoms with Crippen LogP contribution in [0, 0.1) is 10.1 Å². The Morgan fingerprint density at radius 2 is 1.24 bits per heavy atom. The van der Waals surface area contributed by atoms with Crippen molar-refractivity contribution in [1.29, 1.82) is 0 Å². The molecule has 1 aromatic rings. The Balaban J connectivity index is 1.87. The Hall–Kier alpha value is -1.14. The molecule has 1 unspecified atom stereocenters. The molecule has 0 aliphatic carbocycles. The summed E-state index contributed by atoms with van der Waals surface area (Å²) in [6.45, 7) is -0.166. The fraction of sp³-hybridized carbons (Fsp3) is 0.760. The monoisotopic (exact) mass is 519 g/mol. The van der Waals surface area contributed by atoms with Crippen molar-refractivity contribution in [2.75, 3.05) is 19.8 Å². The minimum absolute atomic E-state index is 0.0892. The van der Waals surface area contributed by atoms with Crippen molar-refractivity contribution in [3.63, 3.8) is 0 Å². The van der Waals surface area contributed by atoms with Crippen molar-refractivity contribution in [2.45, 2.75) is 103 Å². The fourth-order valence-electron chi connectivity index (χ4n) is 3.62. The number of nitrogens with zero attached hydrogens (tertiary/aromatic N) is 1. The molecule has 196 valence electrons. The Morgan fingerprint density at radius 1 is 0.765 bits per heavy atom. The molecule has 0 saturated carbocycles. The number of benzene rings is 1. The summed E-state index contributed by atoms with van der Waals surface area (Å²) >= 11 is 5.79. The number of nitro groups is 1. The lowest BCUT2D eigenvalue weighted by molar-refractivity contribution is -0.384. The number of rotatable bonds is 23. The van der Waals surface area contributed by atoms with Crippen LogP contribution in [0.1, 0.15) is 103 Å². The first-order valence-corrected chi connectivity index (χ1v) is 15.4. The first kappa shape index (κ1) is 30.9. The maximum Gasteiger partial charge on any atom is 0.476 e. The summed E-state index contributed by atoms with van der Waals surface area (Å²) in [6.07, 6.45) is 19.2. The van der Waals surface area contributed by atoms with Crippen LogP contribution in [-0.2, 0) is 13.8 Å². The predicted molar refractivity (Wildman–Crippen MR) is 139 cm³/mol. The zero-order valence-electron chi connectivity index (χ0n) is 20.8. The summed E-state index contributed by atoms with van der Waals surface area (Å²) in [6, 6.07) is 5.15. The number of nitro benzene ring substituents is 1. The van der Waals surface area contributed by atoms with Crippen molar-refractivity contribution < 1.29 is 23.3 Å². The first-order valence-electron chi connectivity index (χ1n) is 12.9. The molecule has 9 heteroatoms. The van der Waals surface area contributed by atoms with Crippen LogP contribution in [0.4, 0.5) is 5.69 Å². The van der Waals surface area contributed by atoms with E-state index in [-0.39, 0.29) is 18.0 Å². The predicted octanol–water partition coefficient (Wildman–Crippen LogP) is 9.23. The molecule has 0 heterocycles. The lowest BCUT2D eigenvalue weighted by atomic mass is 10.0. The second kappa shape index (κ2) is 20.1. The Kier molecular flexibility index (Phi) is 18.3. The van der Waals surface area contributed by atoms with Gasteiger partial charge in [0, 0.05) is 36.6 Å². The van der Waals surface area contributed by atoms with E-state index >= 15 is 0 Å². The van der Waals surface area contributed by atoms with Gasteiger partial charge in [0.1, 0.15) is 5.75 Å². The quantitative estimate of drug-likeness (QED) is 0.0619. The second-order valence-corrected chi connectivity index (χ2v) is 11.2. The fourth-order valence-corrected chi connectivity index (χ4v) is 4.84. The van der Waals surface area contributed by atoms with Crippen molar-refractivity contribution in [2.24, 2.45) is 0 Å². The van der Waals surface area contributed by atoms with E-state index in [1.165, 1.54) is 108 Å². The molecule has 0 aromatic heterocycles. The van der Waals surface area contributed by atoms with E-state index < -0.39 is 11.9 Å². The Morgan fingerprint density at radius 3 is 1.74 bits per heavy atom. The minimum Gasteiger partial charge on any atom is -0.413 e. The van der Waals surface area contributed by atoms with Gasteiger partial charge in [-0.25, -0.2) is 4.57 Å². The third kappa shape index (κ3) is 17.3. The summed E-state index contributed by atoms with van der Waals surface area (Å²) < 4.78 is 28.0. The van der Waals surface area contributed by atoms with Gasteiger partial charge in [0.2, 0.25) is 0 Å². The first-order chi connectivity index (χ1) is 16.4. The van der Waals surface area contributed by atoms with Crippen LogP contribution in [0.2, 0.25) is 0 Å². The molecule has 0 fully saturated rings. The van der Waals surface area contributed by atoms with Gasteiger partial charge >= 0.3 is 6.95 Å². The van der Waals surface area contributed by atoms with Gasteiger partial charge in [0.25, 0.3) is 5.69 Å². The van der Waals surface area contributed by atoms with Crippen LogP contribution in [0.15, 0.2) is 24.3 Å². The summed E-state index contributed by atoms with van der Waals surface area (Å²) in [4.78, 5) is 10.1. The van der Waals surface area contributed by atoms with Gasteiger partial charge in [-0.1, -0.05) is 90.4 Å². The average Bonchev–Trinajstić information content (AvgIpc) is 2.80. The van der Waals surface area contributed by atoms with Crippen molar-refractivity contribution in [3.05, 3.63) is 34.4 Å². The number of hydrogen-bond donors (Lipinski definition) is 0. The highest BCUT2D eigenvalue weighted by Gasteiger charge is 2.22. The maximum absolute atomic E-state index is 12.1. The zero-order valence-corrected chi connectivity index (χ0v) is 22.4. The highest BCUT2D eigenvalue weighted by molar-refractivity contribution is 7.81. The van der Waals surface area contributed by atoms with Crippen LogP contribution in [-0.4, -0.2) is 24.7 Å². The molecule has 34 heavy (non-hydrogen) atoms. The van der Waals surface area contributed by atoms with Crippen molar-refractivity contribution in [3.8, 4) is 5.75 Å². The highest BCUT2D eigenvalue weighted by Crippen LogP contribution is 2.53.